The molecule has 0 spiro atoms. The van der Waals surface area contributed by atoms with Crippen molar-refractivity contribution in [2.75, 3.05) is 6.61 Å². The number of aliphatic hydroxyl groups excluding tert-OH is 1. The molecule has 3 nitrogen and oxygen atoms in total. The zero-order chi connectivity index (χ0) is 9.03. The second kappa shape index (κ2) is 3.90. The summed E-state index contributed by atoms with van der Waals surface area (Å²) in [5.41, 5.74) is -0.302. The number of amides is 1. The molecule has 0 saturated heterocycles. The molecule has 0 heterocycles. The van der Waals surface area contributed by atoms with Gasteiger partial charge in [0, 0.05) is 6.92 Å². The Morgan fingerprint density at radius 2 is 2.00 bits per heavy atom. The number of hydrogen-bond acceptors (Lipinski definition) is 2. The summed E-state index contributed by atoms with van der Waals surface area (Å²) in [5.74, 6) is -0.0362. The highest BCUT2D eigenvalue weighted by molar-refractivity contribution is 5.73. The lowest BCUT2D eigenvalue weighted by Crippen LogP contribution is -2.51. The minimum atomic E-state index is -0.302. The summed E-state index contributed by atoms with van der Waals surface area (Å²) in [6.45, 7) is 1.58. The van der Waals surface area contributed by atoms with E-state index in [1.54, 1.807) is 0 Å². The van der Waals surface area contributed by atoms with Gasteiger partial charge in [-0.2, -0.15) is 0 Å². The van der Waals surface area contributed by atoms with Crippen LogP contribution in [0.15, 0.2) is 0 Å². The minimum absolute atomic E-state index is 0.0362. The molecule has 3 heteroatoms. The lowest BCUT2D eigenvalue weighted by molar-refractivity contribution is -0.122. The fourth-order valence-electron chi connectivity index (χ4n) is 1.92. The van der Waals surface area contributed by atoms with Crippen molar-refractivity contribution in [3.05, 3.63) is 0 Å². The Bertz CT molecular complexity index is 162. The number of rotatable bonds is 2. The quantitative estimate of drug-likeness (QED) is 0.646. The van der Waals surface area contributed by atoms with Gasteiger partial charge in [0.05, 0.1) is 12.1 Å². The van der Waals surface area contributed by atoms with Crippen LogP contribution in [0.25, 0.3) is 0 Å². The standard InChI is InChI=1S/C9H17NO2/c1-8(12)10-9(7-11)5-3-2-4-6-9/h11H,2-7H2,1H3,(H,10,12). The van der Waals surface area contributed by atoms with Gasteiger partial charge in [0.1, 0.15) is 0 Å². The van der Waals surface area contributed by atoms with Crippen molar-refractivity contribution >= 4 is 5.91 Å². The maximum Gasteiger partial charge on any atom is 0.217 e. The second-order valence-electron chi connectivity index (χ2n) is 3.68. The van der Waals surface area contributed by atoms with Gasteiger partial charge in [-0.3, -0.25) is 4.79 Å². The lowest BCUT2D eigenvalue weighted by atomic mass is 9.82. The molecule has 70 valence electrons. The Labute approximate surface area is 73.2 Å². The van der Waals surface area contributed by atoms with E-state index in [1.165, 1.54) is 13.3 Å². The van der Waals surface area contributed by atoms with Crippen molar-refractivity contribution in [2.45, 2.75) is 44.6 Å². The van der Waals surface area contributed by atoms with Gasteiger partial charge < -0.3 is 10.4 Å². The Morgan fingerprint density at radius 3 is 2.42 bits per heavy atom. The molecule has 1 aliphatic rings. The highest BCUT2D eigenvalue weighted by Crippen LogP contribution is 2.27. The van der Waals surface area contributed by atoms with E-state index in [1.807, 2.05) is 0 Å². The molecule has 0 aliphatic heterocycles. The third kappa shape index (κ3) is 2.21. The van der Waals surface area contributed by atoms with Crippen LogP contribution < -0.4 is 5.32 Å². The maximum absolute atomic E-state index is 10.9. The Hall–Kier alpha value is -0.570. The largest absolute Gasteiger partial charge is 0.394 e. The van der Waals surface area contributed by atoms with E-state index < -0.39 is 0 Å². The van der Waals surface area contributed by atoms with Crippen LogP contribution in [0.2, 0.25) is 0 Å². The average molecular weight is 171 g/mol. The van der Waals surface area contributed by atoms with Crippen LogP contribution in [0, 0.1) is 0 Å². The predicted octanol–water partition coefficient (Wildman–Crippen LogP) is 0.818. The van der Waals surface area contributed by atoms with Gasteiger partial charge >= 0.3 is 0 Å². The number of nitrogens with one attached hydrogen (secondary N) is 1. The van der Waals surface area contributed by atoms with Crippen LogP contribution in [0.4, 0.5) is 0 Å². The molecular formula is C9H17NO2. The first-order valence-corrected chi connectivity index (χ1v) is 4.58. The second-order valence-corrected chi connectivity index (χ2v) is 3.68. The normalized spacial score (nSPS) is 21.8. The van der Waals surface area contributed by atoms with Crippen molar-refractivity contribution in [2.24, 2.45) is 0 Å². The first kappa shape index (κ1) is 9.52. The number of carbonyl (C=O) groups is 1. The molecule has 0 bridgehead atoms. The first-order chi connectivity index (χ1) is 5.68. The molecule has 0 atom stereocenters. The van der Waals surface area contributed by atoms with E-state index in [2.05, 4.69) is 5.32 Å². The van der Waals surface area contributed by atoms with Crippen molar-refractivity contribution in [1.29, 1.82) is 0 Å². The zero-order valence-corrected chi connectivity index (χ0v) is 7.60. The van der Waals surface area contributed by atoms with Gasteiger partial charge in [-0.1, -0.05) is 19.3 Å². The number of aliphatic hydroxyl groups is 1. The fourth-order valence-corrected chi connectivity index (χ4v) is 1.92. The summed E-state index contributed by atoms with van der Waals surface area (Å²) >= 11 is 0. The third-order valence-corrected chi connectivity index (χ3v) is 2.55. The van der Waals surface area contributed by atoms with Gasteiger partial charge in [0.2, 0.25) is 5.91 Å². The van der Waals surface area contributed by atoms with Gasteiger partial charge in [-0.05, 0) is 12.8 Å². The van der Waals surface area contributed by atoms with Crippen molar-refractivity contribution < 1.29 is 9.90 Å². The molecule has 0 unspecified atom stereocenters. The summed E-state index contributed by atoms with van der Waals surface area (Å²) in [6, 6.07) is 0. The molecule has 1 saturated carbocycles. The van der Waals surface area contributed by atoms with E-state index in [0.717, 1.165) is 25.7 Å². The highest BCUT2D eigenvalue weighted by atomic mass is 16.3. The van der Waals surface area contributed by atoms with Crippen LogP contribution >= 0.6 is 0 Å². The van der Waals surface area contributed by atoms with Crippen LogP contribution in [-0.2, 0) is 4.79 Å². The summed E-state index contributed by atoms with van der Waals surface area (Å²) in [4.78, 5) is 10.9. The Kier molecular flexibility index (Phi) is 3.09. The molecule has 2 N–H and O–H groups in total. The number of carbonyl (C=O) groups excluding carboxylic acids is 1. The SMILES string of the molecule is CC(=O)NC1(CO)CCCCC1. The van der Waals surface area contributed by atoms with E-state index in [0.29, 0.717) is 0 Å². The Balaban J connectivity index is 2.53. The first-order valence-electron chi connectivity index (χ1n) is 4.58. The van der Waals surface area contributed by atoms with Crippen LogP contribution in [0.1, 0.15) is 39.0 Å². The third-order valence-electron chi connectivity index (χ3n) is 2.55. The van der Waals surface area contributed by atoms with E-state index in [-0.39, 0.29) is 18.1 Å². The van der Waals surface area contributed by atoms with Gasteiger partial charge in [0.15, 0.2) is 0 Å². The molecule has 0 aromatic rings. The smallest absolute Gasteiger partial charge is 0.217 e. The zero-order valence-electron chi connectivity index (χ0n) is 7.60. The van der Waals surface area contributed by atoms with Gasteiger partial charge in [0.25, 0.3) is 0 Å². The maximum atomic E-state index is 10.9. The summed E-state index contributed by atoms with van der Waals surface area (Å²) in [6.07, 6.45) is 5.29. The molecule has 0 aromatic carbocycles. The molecular weight excluding hydrogens is 154 g/mol. The lowest BCUT2D eigenvalue weighted by Gasteiger charge is -2.36. The number of hydrogen-bond donors (Lipinski definition) is 2. The topological polar surface area (TPSA) is 49.3 Å². The monoisotopic (exact) mass is 171 g/mol. The highest BCUT2D eigenvalue weighted by Gasteiger charge is 2.31. The van der Waals surface area contributed by atoms with Crippen molar-refractivity contribution in [1.82, 2.24) is 5.32 Å². The molecule has 1 amide bonds. The molecule has 1 fully saturated rings. The minimum Gasteiger partial charge on any atom is -0.394 e. The average Bonchev–Trinajstić information content (AvgIpc) is 2.05. The van der Waals surface area contributed by atoms with Gasteiger partial charge in [-0.25, -0.2) is 0 Å². The van der Waals surface area contributed by atoms with Crippen LogP contribution in [0.3, 0.4) is 0 Å². The van der Waals surface area contributed by atoms with Crippen LogP contribution in [-0.4, -0.2) is 23.2 Å². The molecule has 0 radical (unpaired) electrons. The van der Waals surface area contributed by atoms with Crippen LogP contribution in [0.5, 0.6) is 0 Å². The van der Waals surface area contributed by atoms with Crippen molar-refractivity contribution in [3.8, 4) is 0 Å². The molecule has 1 aliphatic carbocycles. The molecule has 1 rings (SSSR count). The predicted molar refractivity (Wildman–Crippen MR) is 46.7 cm³/mol. The summed E-state index contributed by atoms with van der Waals surface area (Å²) in [7, 11) is 0. The van der Waals surface area contributed by atoms with Gasteiger partial charge in [-0.15, -0.1) is 0 Å². The summed E-state index contributed by atoms with van der Waals surface area (Å²) < 4.78 is 0. The molecule has 0 aromatic heterocycles. The Morgan fingerprint density at radius 1 is 1.42 bits per heavy atom. The fraction of sp³-hybridized carbons (Fsp3) is 0.889. The van der Waals surface area contributed by atoms with E-state index in [9.17, 15) is 9.90 Å². The summed E-state index contributed by atoms with van der Waals surface area (Å²) in [5, 5.41) is 12.0. The van der Waals surface area contributed by atoms with Crippen molar-refractivity contribution in [3.63, 3.8) is 0 Å². The van der Waals surface area contributed by atoms with E-state index >= 15 is 0 Å². The molecule has 12 heavy (non-hydrogen) atoms. The van der Waals surface area contributed by atoms with E-state index in [4.69, 9.17) is 0 Å².